The summed E-state index contributed by atoms with van der Waals surface area (Å²) in [6.07, 6.45) is 3.41. The Hall–Kier alpha value is -1.85. The molecule has 18 heavy (non-hydrogen) atoms. The van der Waals surface area contributed by atoms with Gasteiger partial charge in [-0.15, -0.1) is 0 Å². The van der Waals surface area contributed by atoms with Crippen LogP contribution in [-0.2, 0) is 11.8 Å². The van der Waals surface area contributed by atoms with Gasteiger partial charge in [-0.2, -0.15) is 5.10 Å². The number of carbonyl (C=O) groups excluding carboxylic acids is 1. The second-order valence-corrected chi connectivity index (χ2v) is 4.79. The highest BCUT2D eigenvalue weighted by atomic mass is 16.4. The third-order valence-corrected chi connectivity index (χ3v) is 3.60. The van der Waals surface area contributed by atoms with Crippen molar-refractivity contribution in [3.8, 4) is 0 Å². The Morgan fingerprint density at radius 1 is 1.50 bits per heavy atom. The molecule has 0 unspecified atom stereocenters. The molecule has 2 atom stereocenters. The normalized spacial score (nSPS) is 23.0. The lowest BCUT2D eigenvalue weighted by atomic mass is 10.1. The molecule has 0 radical (unpaired) electrons. The Kier molecular flexibility index (Phi) is 3.36. The Morgan fingerprint density at radius 2 is 2.22 bits per heavy atom. The summed E-state index contributed by atoms with van der Waals surface area (Å²) in [7, 11) is 1.78. The van der Waals surface area contributed by atoms with Gasteiger partial charge in [0.25, 0.3) is 5.91 Å². The molecule has 1 fully saturated rings. The first-order chi connectivity index (χ1) is 8.49. The Balaban J connectivity index is 1.97. The van der Waals surface area contributed by atoms with Crippen molar-refractivity contribution in [1.82, 2.24) is 15.1 Å². The fourth-order valence-electron chi connectivity index (χ4n) is 2.32. The number of hydrogen-bond acceptors (Lipinski definition) is 3. The Labute approximate surface area is 105 Å². The standard InChI is InChI=1S/C12H17N3O3/c1-7-10(6-13-15(7)2)11(16)14-9-4-3-8(5-9)12(17)18/h6,8-9H,3-5H2,1-2H3,(H,14,16)(H,17,18)/t8-,9+/m0/s1. The number of carbonyl (C=O) groups is 2. The number of aromatic nitrogens is 2. The smallest absolute Gasteiger partial charge is 0.306 e. The van der Waals surface area contributed by atoms with E-state index in [1.165, 1.54) is 6.20 Å². The number of carboxylic acids is 1. The van der Waals surface area contributed by atoms with Crippen molar-refractivity contribution in [2.75, 3.05) is 0 Å². The molecule has 1 amide bonds. The molecule has 0 aromatic carbocycles. The second kappa shape index (κ2) is 4.80. The molecular weight excluding hydrogens is 234 g/mol. The Bertz CT molecular complexity index is 481. The summed E-state index contributed by atoms with van der Waals surface area (Å²) in [6, 6.07) is -0.0433. The molecule has 1 aromatic heterocycles. The predicted molar refractivity (Wildman–Crippen MR) is 64.2 cm³/mol. The van der Waals surface area contributed by atoms with Crippen LogP contribution in [-0.4, -0.2) is 32.8 Å². The molecule has 2 N–H and O–H groups in total. The lowest BCUT2D eigenvalue weighted by Gasteiger charge is -2.12. The largest absolute Gasteiger partial charge is 0.481 e. The minimum absolute atomic E-state index is 0.0433. The predicted octanol–water partition coefficient (Wildman–Crippen LogP) is 0.712. The van der Waals surface area contributed by atoms with Crippen molar-refractivity contribution in [3.05, 3.63) is 17.5 Å². The molecule has 1 heterocycles. The molecule has 1 aliphatic rings. The number of hydrogen-bond donors (Lipinski definition) is 2. The van der Waals surface area contributed by atoms with Crippen LogP contribution in [0.15, 0.2) is 6.20 Å². The third-order valence-electron chi connectivity index (χ3n) is 3.60. The third kappa shape index (κ3) is 2.37. The summed E-state index contributed by atoms with van der Waals surface area (Å²) in [5.41, 5.74) is 1.36. The zero-order valence-electron chi connectivity index (χ0n) is 10.5. The van der Waals surface area contributed by atoms with Gasteiger partial charge in [0.2, 0.25) is 0 Å². The zero-order valence-corrected chi connectivity index (χ0v) is 10.5. The molecule has 6 heteroatoms. The van der Waals surface area contributed by atoms with E-state index < -0.39 is 5.97 Å². The SMILES string of the molecule is Cc1c(C(=O)N[C@@H]2CC[C@H](C(=O)O)C2)cnn1C. The zero-order chi connectivity index (χ0) is 13.3. The number of amides is 1. The number of carboxylic acid groups (broad SMARTS) is 1. The van der Waals surface area contributed by atoms with E-state index in [1.807, 2.05) is 6.92 Å². The van der Waals surface area contributed by atoms with Crippen LogP contribution in [0.1, 0.15) is 35.3 Å². The van der Waals surface area contributed by atoms with Crippen LogP contribution in [0.25, 0.3) is 0 Å². The summed E-state index contributed by atoms with van der Waals surface area (Å²) in [6.45, 7) is 1.83. The van der Waals surface area contributed by atoms with Crippen molar-refractivity contribution >= 4 is 11.9 Å². The summed E-state index contributed by atoms with van der Waals surface area (Å²) >= 11 is 0. The number of rotatable bonds is 3. The van der Waals surface area contributed by atoms with Crippen LogP contribution < -0.4 is 5.32 Å². The van der Waals surface area contributed by atoms with Crippen LogP contribution in [0.5, 0.6) is 0 Å². The van der Waals surface area contributed by atoms with Crippen molar-refractivity contribution in [2.45, 2.75) is 32.2 Å². The maximum absolute atomic E-state index is 12.0. The number of nitrogens with one attached hydrogen (secondary N) is 1. The maximum atomic E-state index is 12.0. The molecule has 1 saturated carbocycles. The van der Waals surface area contributed by atoms with E-state index in [0.29, 0.717) is 18.4 Å². The van der Waals surface area contributed by atoms with Gasteiger partial charge >= 0.3 is 5.97 Å². The van der Waals surface area contributed by atoms with Gasteiger partial charge in [-0.05, 0) is 26.2 Å². The molecular formula is C12H17N3O3. The van der Waals surface area contributed by atoms with Gasteiger partial charge in [0.15, 0.2) is 0 Å². The average Bonchev–Trinajstić information content (AvgIpc) is 2.88. The lowest BCUT2D eigenvalue weighted by Crippen LogP contribution is -2.33. The van der Waals surface area contributed by atoms with Crippen molar-refractivity contribution in [3.63, 3.8) is 0 Å². The molecule has 1 aromatic rings. The summed E-state index contributed by atoms with van der Waals surface area (Å²) in [5, 5.41) is 15.8. The minimum atomic E-state index is -0.774. The van der Waals surface area contributed by atoms with E-state index in [2.05, 4.69) is 10.4 Å². The number of nitrogens with zero attached hydrogens (tertiary/aromatic N) is 2. The van der Waals surface area contributed by atoms with Crippen LogP contribution in [0.2, 0.25) is 0 Å². The first kappa shape index (κ1) is 12.6. The summed E-state index contributed by atoms with van der Waals surface area (Å²) in [5.74, 6) is -1.27. The fraction of sp³-hybridized carbons (Fsp3) is 0.583. The van der Waals surface area contributed by atoms with Gasteiger partial charge in [-0.1, -0.05) is 0 Å². The van der Waals surface area contributed by atoms with E-state index in [0.717, 1.165) is 12.1 Å². The van der Waals surface area contributed by atoms with Gasteiger partial charge in [0.05, 0.1) is 17.7 Å². The first-order valence-corrected chi connectivity index (χ1v) is 6.01. The fourth-order valence-corrected chi connectivity index (χ4v) is 2.32. The van der Waals surface area contributed by atoms with Gasteiger partial charge in [-0.25, -0.2) is 0 Å². The van der Waals surface area contributed by atoms with Gasteiger partial charge in [0.1, 0.15) is 0 Å². The maximum Gasteiger partial charge on any atom is 0.306 e. The average molecular weight is 251 g/mol. The van der Waals surface area contributed by atoms with Gasteiger partial charge in [0, 0.05) is 18.8 Å². The lowest BCUT2D eigenvalue weighted by molar-refractivity contribution is -0.141. The second-order valence-electron chi connectivity index (χ2n) is 4.79. The summed E-state index contributed by atoms with van der Waals surface area (Å²) in [4.78, 5) is 22.8. The van der Waals surface area contributed by atoms with Crippen LogP contribution in [0.4, 0.5) is 0 Å². The Morgan fingerprint density at radius 3 is 2.72 bits per heavy atom. The highest BCUT2D eigenvalue weighted by molar-refractivity contribution is 5.95. The molecule has 0 spiro atoms. The van der Waals surface area contributed by atoms with Crippen molar-refractivity contribution in [1.29, 1.82) is 0 Å². The molecule has 2 rings (SSSR count). The van der Waals surface area contributed by atoms with Crippen molar-refractivity contribution < 1.29 is 14.7 Å². The first-order valence-electron chi connectivity index (χ1n) is 6.01. The highest BCUT2D eigenvalue weighted by Crippen LogP contribution is 2.25. The van der Waals surface area contributed by atoms with Crippen LogP contribution >= 0.6 is 0 Å². The number of aryl methyl sites for hydroxylation is 1. The topological polar surface area (TPSA) is 84.2 Å². The molecule has 0 aliphatic heterocycles. The van der Waals surface area contributed by atoms with E-state index in [1.54, 1.807) is 11.7 Å². The molecule has 1 aliphatic carbocycles. The van der Waals surface area contributed by atoms with E-state index in [-0.39, 0.29) is 17.9 Å². The van der Waals surface area contributed by atoms with Gasteiger partial charge < -0.3 is 10.4 Å². The van der Waals surface area contributed by atoms with E-state index in [4.69, 9.17) is 5.11 Å². The number of aliphatic carboxylic acids is 1. The molecule has 0 saturated heterocycles. The molecule has 0 bridgehead atoms. The minimum Gasteiger partial charge on any atom is -0.481 e. The van der Waals surface area contributed by atoms with Gasteiger partial charge in [-0.3, -0.25) is 14.3 Å². The molecule has 98 valence electrons. The van der Waals surface area contributed by atoms with Crippen molar-refractivity contribution in [2.24, 2.45) is 13.0 Å². The molecule has 6 nitrogen and oxygen atoms in total. The highest BCUT2D eigenvalue weighted by Gasteiger charge is 2.31. The monoisotopic (exact) mass is 251 g/mol. The van der Waals surface area contributed by atoms with Crippen LogP contribution in [0.3, 0.4) is 0 Å². The van der Waals surface area contributed by atoms with E-state index >= 15 is 0 Å². The van der Waals surface area contributed by atoms with Crippen LogP contribution in [0, 0.1) is 12.8 Å². The van der Waals surface area contributed by atoms with E-state index in [9.17, 15) is 9.59 Å². The quantitative estimate of drug-likeness (QED) is 0.828. The summed E-state index contributed by atoms with van der Waals surface area (Å²) < 4.78 is 1.64.